The fourth-order valence-corrected chi connectivity index (χ4v) is 2.81. The lowest BCUT2D eigenvalue weighted by molar-refractivity contribution is 0.0526. The fourth-order valence-electron chi connectivity index (χ4n) is 2.81. The Morgan fingerprint density at radius 2 is 2.30 bits per heavy atom. The quantitative estimate of drug-likeness (QED) is 0.868. The first-order valence-electron chi connectivity index (χ1n) is 7.14. The van der Waals surface area contributed by atoms with E-state index < -0.39 is 0 Å². The summed E-state index contributed by atoms with van der Waals surface area (Å²) in [5.41, 5.74) is 7.45. The van der Waals surface area contributed by atoms with E-state index in [1.54, 1.807) is 6.33 Å². The van der Waals surface area contributed by atoms with Crippen molar-refractivity contribution < 1.29 is 4.74 Å². The Bertz CT molecular complexity index is 599. The highest BCUT2D eigenvalue weighted by Gasteiger charge is 2.22. The third-order valence-electron chi connectivity index (χ3n) is 3.72. The van der Waals surface area contributed by atoms with Gasteiger partial charge in [0, 0.05) is 30.8 Å². The van der Waals surface area contributed by atoms with Crippen molar-refractivity contribution in [3.05, 3.63) is 24.5 Å². The van der Waals surface area contributed by atoms with Gasteiger partial charge in [0.05, 0.1) is 11.6 Å². The van der Waals surface area contributed by atoms with Crippen molar-refractivity contribution >= 4 is 22.4 Å². The molecule has 5 nitrogen and oxygen atoms in total. The molecule has 0 bridgehead atoms. The monoisotopic (exact) mass is 272 g/mol. The van der Waals surface area contributed by atoms with Crippen LogP contribution in [0.3, 0.4) is 0 Å². The van der Waals surface area contributed by atoms with Gasteiger partial charge in [-0.25, -0.2) is 9.97 Å². The van der Waals surface area contributed by atoms with Gasteiger partial charge in [-0.2, -0.15) is 0 Å². The Labute approximate surface area is 118 Å². The zero-order chi connectivity index (χ0) is 13.9. The second kappa shape index (κ2) is 5.63. The normalized spacial score (nSPS) is 19.4. The minimum absolute atomic E-state index is 0.299. The highest BCUT2D eigenvalue weighted by atomic mass is 16.5. The van der Waals surface area contributed by atoms with Crippen molar-refractivity contribution in [2.45, 2.75) is 25.9 Å². The summed E-state index contributed by atoms with van der Waals surface area (Å²) in [4.78, 5) is 11.1. The first kappa shape index (κ1) is 13.1. The number of aromatic nitrogens is 2. The molecule has 20 heavy (non-hydrogen) atoms. The number of hydrogen-bond acceptors (Lipinski definition) is 5. The van der Waals surface area contributed by atoms with E-state index in [2.05, 4.69) is 14.9 Å². The van der Waals surface area contributed by atoms with Crippen molar-refractivity contribution in [3.63, 3.8) is 0 Å². The Morgan fingerprint density at radius 1 is 1.40 bits per heavy atom. The second-order valence-electron chi connectivity index (χ2n) is 5.14. The number of rotatable bonds is 3. The van der Waals surface area contributed by atoms with Crippen LogP contribution in [0.5, 0.6) is 0 Å². The van der Waals surface area contributed by atoms with Gasteiger partial charge in [-0.05, 0) is 38.0 Å². The van der Waals surface area contributed by atoms with Crippen LogP contribution in [-0.2, 0) is 4.74 Å². The van der Waals surface area contributed by atoms with Crippen LogP contribution in [0.2, 0.25) is 0 Å². The van der Waals surface area contributed by atoms with Crippen molar-refractivity contribution in [2.75, 3.05) is 30.3 Å². The molecule has 2 aromatic rings. The largest absolute Gasteiger partial charge is 0.399 e. The van der Waals surface area contributed by atoms with Gasteiger partial charge in [0.25, 0.3) is 0 Å². The maximum atomic E-state index is 5.82. The molecule has 0 spiro atoms. The number of fused-ring (bicyclic) bond motifs is 1. The van der Waals surface area contributed by atoms with Crippen LogP contribution in [0, 0.1) is 0 Å². The van der Waals surface area contributed by atoms with Gasteiger partial charge in [0.1, 0.15) is 12.1 Å². The van der Waals surface area contributed by atoms with Crippen LogP contribution in [0.25, 0.3) is 10.9 Å². The number of anilines is 2. The van der Waals surface area contributed by atoms with Gasteiger partial charge >= 0.3 is 0 Å². The number of nitrogen functional groups attached to an aromatic ring is 1. The van der Waals surface area contributed by atoms with Crippen molar-refractivity contribution in [2.24, 2.45) is 0 Å². The standard InChI is InChI=1S/C15H20N4O/c1-2-20-12-4-3-7-19(9-12)15-13-6-5-11(16)8-14(13)17-10-18-15/h5-6,8,10,12H,2-4,7,9,16H2,1H3. The molecule has 1 aromatic heterocycles. The number of benzene rings is 1. The minimum atomic E-state index is 0.299. The van der Waals surface area contributed by atoms with Crippen molar-refractivity contribution in [1.29, 1.82) is 0 Å². The van der Waals surface area contributed by atoms with E-state index in [1.807, 2.05) is 25.1 Å². The lowest BCUT2D eigenvalue weighted by atomic mass is 10.1. The van der Waals surface area contributed by atoms with Crippen LogP contribution in [0.4, 0.5) is 11.5 Å². The average Bonchev–Trinajstić information content (AvgIpc) is 2.47. The van der Waals surface area contributed by atoms with Crippen LogP contribution >= 0.6 is 0 Å². The Kier molecular flexibility index (Phi) is 3.69. The van der Waals surface area contributed by atoms with E-state index in [9.17, 15) is 0 Å². The molecule has 1 fully saturated rings. The van der Waals surface area contributed by atoms with E-state index in [0.717, 1.165) is 54.9 Å². The molecule has 1 atom stereocenters. The van der Waals surface area contributed by atoms with E-state index in [0.29, 0.717) is 6.10 Å². The highest BCUT2D eigenvalue weighted by Crippen LogP contribution is 2.27. The molecule has 1 aromatic carbocycles. The zero-order valence-electron chi connectivity index (χ0n) is 11.7. The molecule has 5 heteroatoms. The molecule has 2 N–H and O–H groups in total. The first-order chi connectivity index (χ1) is 9.78. The third-order valence-corrected chi connectivity index (χ3v) is 3.72. The van der Waals surface area contributed by atoms with Gasteiger partial charge in [-0.15, -0.1) is 0 Å². The van der Waals surface area contributed by atoms with Gasteiger partial charge in [-0.3, -0.25) is 0 Å². The lowest BCUT2D eigenvalue weighted by Crippen LogP contribution is -2.40. The van der Waals surface area contributed by atoms with E-state index in [-0.39, 0.29) is 0 Å². The summed E-state index contributed by atoms with van der Waals surface area (Å²) in [6, 6.07) is 5.80. The van der Waals surface area contributed by atoms with E-state index >= 15 is 0 Å². The highest BCUT2D eigenvalue weighted by molar-refractivity contribution is 5.91. The van der Waals surface area contributed by atoms with Crippen LogP contribution in [-0.4, -0.2) is 35.8 Å². The third kappa shape index (κ3) is 2.54. The maximum absolute atomic E-state index is 5.82. The maximum Gasteiger partial charge on any atom is 0.139 e. The van der Waals surface area contributed by atoms with Crippen LogP contribution in [0.1, 0.15) is 19.8 Å². The summed E-state index contributed by atoms with van der Waals surface area (Å²) in [6.07, 6.45) is 4.17. The smallest absolute Gasteiger partial charge is 0.139 e. The van der Waals surface area contributed by atoms with Gasteiger partial charge in [0.2, 0.25) is 0 Å². The summed E-state index contributed by atoms with van der Waals surface area (Å²) in [5, 5.41) is 1.05. The van der Waals surface area contributed by atoms with Crippen molar-refractivity contribution in [3.8, 4) is 0 Å². The molecule has 106 valence electrons. The molecule has 2 heterocycles. The fraction of sp³-hybridized carbons (Fsp3) is 0.467. The SMILES string of the molecule is CCOC1CCCN(c2ncnc3cc(N)ccc23)C1. The average molecular weight is 272 g/mol. The number of hydrogen-bond donors (Lipinski definition) is 1. The molecule has 3 rings (SSSR count). The molecule has 1 aliphatic heterocycles. The minimum Gasteiger partial charge on any atom is -0.399 e. The van der Waals surface area contributed by atoms with Gasteiger partial charge in [-0.1, -0.05) is 0 Å². The molecule has 1 unspecified atom stereocenters. The predicted molar refractivity (Wildman–Crippen MR) is 80.8 cm³/mol. The summed E-state index contributed by atoms with van der Waals surface area (Å²) < 4.78 is 5.76. The molecule has 0 radical (unpaired) electrons. The van der Waals surface area contributed by atoms with E-state index in [4.69, 9.17) is 10.5 Å². The summed E-state index contributed by atoms with van der Waals surface area (Å²) in [5.74, 6) is 0.986. The number of piperidine rings is 1. The van der Waals surface area contributed by atoms with Gasteiger partial charge in [0.15, 0.2) is 0 Å². The Balaban J connectivity index is 1.93. The first-order valence-corrected chi connectivity index (χ1v) is 7.14. The van der Waals surface area contributed by atoms with Gasteiger partial charge < -0.3 is 15.4 Å². The zero-order valence-corrected chi connectivity index (χ0v) is 11.7. The van der Waals surface area contributed by atoms with Crippen LogP contribution in [0.15, 0.2) is 24.5 Å². The summed E-state index contributed by atoms with van der Waals surface area (Å²) in [6.45, 7) is 4.71. The lowest BCUT2D eigenvalue weighted by Gasteiger charge is -2.33. The molecule has 1 aliphatic rings. The molecular formula is C15H20N4O. The number of ether oxygens (including phenoxy) is 1. The second-order valence-corrected chi connectivity index (χ2v) is 5.14. The molecule has 1 saturated heterocycles. The van der Waals surface area contributed by atoms with E-state index in [1.165, 1.54) is 0 Å². The molecule has 0 amide bonds. The van der Waals surface area contributed by atoms with Crippen LogP contribution < -0.4 is 10.6 Å². The predicted octanol–water partition coefficient (Wildman–Crippen LogP) is 2.22. The summed E-state index contributed by atoms with van der Waals surface area (Å²) >= 11 is 0. The molecule has 0 saturated carbocycles. The Morgan fingerprint density at radius 3 is 3.15 bits per heavy atom. The van der Waals surface area contributed by atoms with Crippen molar-refractivity contribution in [1.82, 2.24) is 9.97 Å². The topological polar surface area (TPSA) is 64.3 Å². The number of nitrogens with two attached hydrogens (primary N) is 1. The molecule has 0 aliphatic carbocycles. The molecular weight excluding hydrogens is 252 g/mol. The number of nitrogens with zero attached hydrogens (tertiary/aromatic N) is 3. The summed E-state index contributed by atoms with van der Waals surface area (Å²) in [7, 11) is 0. The Hall–Kier alpha value is -1.88.